The lowest BCUT2D eigenvalue weighted by molar-refractivity contribution is 0.405. The van der Waals surface area contributed by atoms with Gasteiger partial charge in [0.1, 0.15) is 0 Å². The molecule has 1 fully saturated rings. The lowest BCUT2D eigenvalue weighted by Gasteiger charge is -2.30. The van der Waals surface area contributed by atoms with Crippen molar-refractivity contribution in [3.8, 4) is 0 Å². The van der Waals surface area contributed by atoms with Gasteiger partial charge in [-0.3, -0.25) is 4.98 Å². The highest BCUT2D eigenvalue weighted by Crippen LogP contribution is 2.30. The van der Waals surface area contributed by atoms with Gasteiger partial charge in [-0.25, -0.2) is 0 Å². The monoisotopic (exact) mass is 267 g/mol. The molecule has 1 N–H and O–H groups in total. The van der Waals surface area contributed by atoms with Gasteiger partial charge in [0.2, 0.25) is 0 Å². The summed E-state index contributed by atoms with van der Waals surface area (Å²) in [5.41, 5.74) is 1.28. The molecule has 4 heteroatoms. The zero-order valence-electron chi connectivity index (χ0n) is 11.4. The van der Waals surface area contributed by atoms with Crippen molar-refractivity contribution in [2.45, 2.75) is 45.2 Å². The number of anilines is 1. The Morgan fingerprint density at radius 1 is 1.50 bits per heavy atom. The Kier molecular flexibility index (Phi) is 4.13. The molecule has 100 valence electrons. The van der Waals surface area contributed by atoms with Gasteiger partial charge in [-0.1, -0.05) is 11.6 Å². The maximum atomic E-state index is 6.24. The van der Waals surface area contributed by atoms with Gasteiger partial charge in [0, 0.05) is 37.1 Å². The van der Waals surface area contributed by atoms with Crippen molar-refractivity contribution in [2.24, 2.45) is 0 Å². The van der Waals surface area contributed by atoms with Gasteiger partial charge in [0.15, 0.2) is 0 Å². The predicted octanol–water partition coefficient (Wildman–Crippen LogP) is 3.09. The third kappa shape index (κ3) is 3.36. The fourth-order valence-corrected chi connectivity index (χ4v) is 2.62. The average Bonchev–Trinajstić information content (AvgIpc) is 2.74. The van der Waals surface area contributed by atoms with E-state index in [0.717, 1.165) is 23.8 Å². The highest BCUT2D eigenvalue weighted by Gasteiger charge is 2.27. The molecule has 0 amide bonds. The fraction of sp³-hybridized carbons (Fsp3) is 0.643. The molecular weight excluding hydrogens is 246 g/mol. The number of nitrogens with one attached hydrogen (secondary N) is 1. The van der Waals surface area contributed by atoms with Crippen molar-refractivity contribution in [2.75, 3.05) is 18.0 Å². The van der Waals surface area contributed by atoms with Crippen LogP contribution in [0.2, 0.25) is 5.02 Å². The maximum Gasteiger partial charge on any atom is 0.0822 e. The molecular formula is C14H22ClN3. The Bertz CT molecular complexity index is 400. The average molecular weight is 268 g/mol. The normalized spacial score (nSPS) is 20.4. The Hall–Kier alpha value is -0.800. The summed E-state index contributed by atoms with van der Waals surface area (Å²) in [6, 6.07) is 2.54. The van der Waals surface area contributed by atoms with Crippen molar-refractivity contribution >= 4 is 17.3 Å². The summed E-state index contributed by atoms with van der Waals surface area (Å²) >= 11 is 6.24. The molecule has 1 saturated heterocycles. The van der Waals surface area contributed by atoms with Crippen LogP contribution in [0.3, 0.4) is 0 Å². The van der Waals surface area contributed by atoms with E-state index < -0.39 is 0 Å². The van der Waals surface area contributed by atoms with Crippen LogP contribution >= 0.6 is 11.6 Å². The van der Waals surface area contributed by atoms with E-state index in [2.05, 4.69) is 36.0 Å². The van der Waals surface area contributed by atoms with E-state index in [0.29, 0.717) is 6.04 Å². The van der Waals surface area contributed by atoms with Crippen LogP contribution in [0, 0.1) is 0 Å². The smallest absolute Gasteiger partial charge is 0.0822 e. The standard InChI is InChI=1S/C14H22ClN3/c1-14(2,3)17-9-11-5-4-8-18(11)13-6-7-16-10-12(13)15/h6-7,10-11,17H,4-5,8-9H2,1-3H3. The number of nitrogens with zero attached hydrogens (tertiary/aromatic N) is 2. The molecule has 1 aliphatic heterocycles. The molecule has 1 aromatic heterocycles. The van der Waals surface area contributed by atoms with Crippen molar-refractivity contribution < 1.29 is 0 Å². The molecule has 0 saturated carbocycles. The minimum absolute atomic E-state index is 0.163. The maximum absolute atomic E-state index is 6.24. The molecule has 1 unspecified atom stereocenters. The van der Waals surface area contributed by atoms with Crippen LogP contribution < -0.4 is 10.2 Å². The van der Waals surface area contributed by atoms with Crippen LogP contribution in [0.1, 0.15) is 33.6 Å². The van der Waals surface area contributed by atoms with Gasteiger partial charge in [0.25, 0.3) is 0 Å². The highest BCUT2D eigenvalue weighted by atomic mass is 35.5. The Labute approximate surface area is 115 Å². The summed E-state index contributed by atoms with van der Waals surface area (Å²) in [7, 11) is 0. The van der Waals surface area contributed by atoms with E-state index >= 15 is 0 Å². The van der Waals surface area contributed by atoms with Gasteiger partial charge >= 0.3 is 0 Å². The van der Waals surface area contributed by atoms with E-state index in [1.165, 1.54) is 12.8 Å². The summed E-state index contributed by atoms with van der Waals surface area (Å²) < 4.78 is 0. The van der Waals surface area contributed by atoms with Crippen molar-refractivity contribution in [1.82, 2.24) is 10.3 Å². The second-order valence-electron chi connectivity index (χ2n) is 5.95. The Morgan fingerprint density at radius 2 is 2.28 bits per heavy atom. The Morgan fingerprint density at radius 3 is 2.94 bits per heavy atom. The van der Waals surface area contributed by atoms with Crippen LogP contribution in [-0.4, -0.2) is 29.7 Å². The molecule has 0 bridgehead atoms. The lowest BCUT2D eigenvalue weighted by Crippen LogP contribution is -2.45. The number of halogens is 1. The molecule has 0 aliphatic carbocycles. The first-order valence-corrected chi connectivity index (χ1v) is 6.96. The zero-order chi connectivity index (χ0) is 13.2. The topological polar surface area (TPSA) is 28.2 Å². The molecule has 0 spiro atoms. The quantitative estimate of drug-likeness (QED) is 0.912. The van der Waals surface area contributed by atoms with E-state index in [4.69, 9.17) is 11.6 Å². The summed E-state index contributed by atoms with van der Waals surface area (Å²) in [4.78, 5) is 6.46. The third-order valence-electron chi connectivity index (χ3n) is 3.31. The highest BCUT2D eigenvalue weighted by molar-refractivity contribution is 6.33. The number of hydrogen-bond donors (Lipinski definition) is 1. The molecule has 1 aromatic rings. The van der Waals surface area contributed by atoms with E-state index in [-0.39, 0.29) is 5.54 Å². The number of aromatic nitrogens is 1. The van der Waals surface area contributed by atoms with E-state index in [1.54, 1.807) is 6.20 Å². The first-order valence-electron chi connectivity index (χ1n) is 6.58. The van der Waals surface area contributed by atoms with E-state index in [1.807, 2.05) is 12.3 Å². The second kappa shape index (κ2) is 5.45. The molecule has 1 aliphatic rings. The SMILES string of the molecule is CC(C)(C)NCC1CCCN1c1ccncc1Cl. The molecule has 0 aromatic carbocycles. The number of hydrogen-bond acceptors (Lipinski definition) is 3. The molecule has 0 radical (unpaired) electrons. The summed E-state index contributed by atoms with van der Waals surface area (Å²) in [6.45, 7) is 8.69. The summed E-state index contributed by atoms with van der Waals surface area (Å²) in [5.74, 6) is 0. The fourth-order valence-electron chi connectivity index (χ4n) is 2.39. The van der Waals surface area contributed by atoms with Gasteiger partial charge in [-0.05, 0) is 39.7 Å². The van der Waals surface area contributed by atoms with Crippen molar-refractivity contribution in [1.29, 1.82) is 0 Å². The third-order valence-corrected chi connectivity index (χ3v) is 3.60. The Balaban J connectivity index is 2.06. The number of pyridine rings is 1. The molecule has 18 heavy (non-hydrogen) atoms. The predicted molar refractivity (Wildman–Crippen MR) is 77.4 cm³/mol. The summed E-state index contributed by atoms with van der Waals surface area (Å²) in [5, 5.41) is 4.33. The van der Waals surface area contributed by atoms with Gasteiger partial charge < -0.3 is 10.2 Å². The minimum Gasteiger partial charge on any atom is -0.366 e. The van der Waals surface area contributed by atoms with Gasteiger partial charge in [-0.2, -0.15) is 0 Å². The van der Waals surface area contributed by atoms with Gasteiger partial charge in [-0.15, -0.1) is 0 Å². The summed E-state index contributed by atoms with van der Waals surface area (Å²) in [6.07, 6.45) is 5.99. The van der Waals surface area contributed by atoms with Crippen LogP contribution in [-0.2, 0) is 0 Å². The number of rotatable bonds is 3. The lowest BCUT2D eigenvalue weighted by atomic mass is 10.1. The van der Waals surface area contributed by atoms with Crippen LogP contribution in [0.15, 0.2) is 18.5 Å². The van der Waals surface area contributed by atoms with Gasteiger partial charge in [0.05, 0.1) is 10.7 Å². The largest absolute Gasteiger partial charge is 0.366 e. The first kappa shape index (κ1) is 13.6. The molecule has 2 rings (SSSR count). The van der Waals surface area contributed by atoms with Crippen LogP contribution in [0.4, 0.5) is 5.69 Å². The first-order chi connectivity index (χ1) is 8.47. The van der Waals surface area contributed by atoms with Crippen molar-refractivity contribution in [3.63, 3.8) is 0 Å². The molecule has 3 nitrogen and oxygen atoms in total. The van der Waals surface area contributed by atoms with Crippen LogP contribution in [0.25, 0.3) is 0 Å². The van der Waals surface area contributed by atoms with Crippen molar-refractivity contribution in [3.05, 3.63) is 23.5 Å². The minimum atomic E-state index is 0.163. The van der Waals surface area contributed by atoms with E-state index in [9.17, 15) is 0 Å². The zero-order valence-corrected chi connectivity index (χ0v) is 12.2. The van der Waals surface area contributed by atoms with Crippen LogP contribution in [0.5, 0.6) is 0 Å². The molecule has 2 heterocycles. The molecule has 1 atom stereocenters. The second-order valence-corrected chi connectivity index (χ2v) is 6.35.